The zero-order valence-electron chi connectivity index (χ0n) is 9.28. The lowest BCUT2D eigenvalue weighted by molar-refractivity contribution is 0.576. The predicted octanol–water partition coefficient (Wildman–Crippen LogP) is 4.30. The summed E-state index contributed by atoms with van der Waals surface area (Å²) in [5.41, 5.74) is 2.25. The third-order valence-electron chi connectivity index (χ3n) is 2.51. The second kappa shape index (κ2) is 5.83. The van der Waals surface area contributed by atoms with Crippen LogP contribution in [-0.4, -0.2) is 4.98 Å². The Balaban J connectivity index is 1.98. The van der Waals surface area contributed by atoms with Gasteiger partial charge in [-0.15, -0.1) is 11.3 Å². The van der Waals surface area contributed by atoms with Crippen LogP contribution in [0.4, 0.5) is 0 Å². The first-order chi connectivity index (χ1) is 8.16. The third kappa shape index (κ3) is 3.42. The van der Waals surface area contributed by atoms with Crippen molar-refractivity contribution in [2.24, 2.45) is 0 Å². The first-order valence-corrected chi connectivity index (χ1v) is 6.81. The van der Waals surface area contributed by atoms with Gasteiger partial charge in [0, 0.05) is 25.0 Å². The first-order valence-electron chi connectivity index (χ1n) is 5.24. The molecule has 0 fully saturated rings. The van der Waals surface area contributed by atoms with Gasteiger partial charge in [0.1, 0.15) is 0 Å². The molecule has 1 N–H and O–H groups in total. The summed E-state index contributed by atoms with van der Waals surface area (Å²) in [6.07, 6.45) is 3.58. The molecule has 1 unspecified atom stereocenters. The zero-order valence-corrected chi connectivity index (χ0v) is 11.6. The summed E-state index contributed by atoms with van der Waals surface area (Å²) in [4.78, 5) is 3.98. The minimum Gasteiger partial charge on any atom is -0.306 e. The van der Waals surface area contributed by atoms with E-state index in [4.69, 9.17) is 23.2 Å². The van der Waals surface area contributed by atoms with Crippen LogP contribution in [0.2, 0.25) is 8.67 Å². The number of nitrogens with zero attached hydrogens (tertiary/aromatic N) is 1. The molecule has 0 aliphatic rings. The van der Waals surface area contributed by atoms with Crippen LogP contribution < -0.4 is 5.32 Å². The van der Waals surface area contributed by atoms with Gasteiger partial charge in [-0.1, -0.05) is 23.2 Å². The van der Waals surface area contributed by atoms with Crippen molar-refractivity contribution in [3.63, 3.8) is 0 Å². The monoisotopic (exact) mass is 286 g/mol. The van der Waals surface area contributed by atoms with E-state index in [9.17, 15) is 0 Å². The van der Waals surface area contributed by atoms with Gasteiger partial charge in [0.15, 0.2) is 0 Å². The summed E-state index contributed by atoms with van der Waals surface area (Å²) in [6.45, 7) is 2.86. The van der Waals surface area contributed by atoms with Gasteiger partial charge in [-0.05, 0) is 36.2 Å². The number of nitrogens with one attached hydrogen (secondary N) is 1. The molecular formula is C12H12Cl2N2S. The summed E-state index contributed by atoms with van der Waals surface area (Å²) in [5.74, 6) is 0. The first kappa shape index (κ1) is 12.8. The average Bonchev–Trinajstić information content (AvgIpc) is 2.67. The van der Waals surface area contributed by atoms with Crippen molar-refractivity contribution in [1.29, 1.82) is 0 Å². The molecule has 5 heteroatoms. The Kier molecular flexibility index (Phi) is 4.40. The second-order valence-corrected chi connectivity index (χ2v) is 6.02. The van der Waals surface area contributed by atoms with Crippen LogP contribution in [-0.2, 0) is 6.54 Å². The molecule has 0 saturated carbocycles. The smallest absolute Gasteiger partial charge is 0.0991 e. The highest BCUT2D eigenvalue weighted by Gasteiger charge is 2.12. The molecule has 2 nitrogen and oxygen atoms in total. The summed E-state index contributed by atoms with van der Waals surface area (Å²) >= 11 is 13.4. The van der Waals surface area contributed by atoms with Crippen LogP contribution >= 0.6 is 34.5 Å². The van der Waals surface area contributed by atoms with Crippen molar-refractivity contribution < 1.29 is 0 Å². The quantitative estimate of drug-likeness (QED) is 0.906. The number of rotatable bonds is 4. The van der Waals surface area contributed by atoms with Gasteiger partial charge in [-0.3, -0.25) is 4.98 Å². The molecule has 2 aromatic heterocycles. The van der Waals surface area contributed by atoms with Crippen LogP contribution in [0, 0.1) is 0 Å². The summed E-state index contributed by atoms with van der Waals surface area (Å²) < 4.78 is 1.48. The fourth-order valence-corrected chi connectivity index (χ4v) is 3.18. The lowest BCUT2D eigenvalue weighted by Gasteiger charge is -2.13. The van der Waals surface area contributed by atoms with Gasteiger partial charge in [-0.2, -0.15) is 0 Å². The van der Waals surface area contributed by atoms with Gasteiger partial charge in [-0.25, -0.2) is 0 Å². The molecule has 2 heterocycles. The highest BCUT2D eigenvalue weighted by atomic mass is 35.5. The highest BCUT2D eigenvalue weighted by molar-refractivity contribution is 7.20. The van der Waals surface area contributed by atoms with Gasteiger partial charge < -0.3 is 5.32 Å². The van der Waals surface area contributed by atoms with E-state index < -0.39 is 0 Å². The van der Waals surface area contributed by atoms with Crippen molar-refractivity contribution in [2.45, 2.75) is 19.5 Å². The van der Waals surface area contributed by atoms with Crippen molar-refractivity contribution >= 4 is 34.5 Å². The molecule has 0 amide bonds. The topological polar surface area (TPSA) is 24.9 Å². The standard InChI is InChI=1S/C12H12Cl2N2S/c1-8(10-6-11(13)17-12(10)14)16-7-9-2-4-15-5-3-9/h2-6,8,16H,7H2,1H3. The summed E-state index contributed by atoms with van der Waals surface area (Å²) in [7, 11) is 0. The van der Waals surface area contributed by atoms with Gasteiger partial charge in [0.05, 0.1) is 8.67 Å². The predicted molar refractivity (Wildman–Crippen MR) is 73.8 cm³/mol. The zero-order chi connectivity index (χ0) is 12.3. The van der Waals surface area contributed by atoms with Gasteiger partial charge in [0.2, 0.25) is 0 Å². The SMILES string of the molecule is CC(NCc1ccncc1)c1cc(Cl)sc1Cl. The number of aromatic nitrogens is 1. The van der Waals surface area contributed by atoms with E-state index in [0.29, 0.717) is 0 Å². The molecule has 90 valence electrons. The lowest BCUT2D eigenvalue weighted by Crippen LogP contribution is -2.17. The van der Waals surface area contributed by atoms with Crippen molar-refractivity contribution in [2.75, 3.05) is 0 Å². The largest absolute Gasteiger partial charge is 0.306 e. The number of hydrogen-bond donors (Lipinski definition) is 1. The molecule has 0 radical (unpaired) electrons. The fraction of sp³-hybridized carbons (Fsp3) is 0.250. The molecule has 0 bridgehead atoms. The minimum absolute atomic E-state index is 0.180. The van der Waals surface area contributed by atoms with Gasteiger partial charge in [0.25, 0.3) is 0 Å². The van der Waals surface area contributed by atoms with Crippen LogP contribution in [0.25, 0.3) is 0 Å². The Morgan fingerprint density at radius 1 is 1.35 bits per heavy atom. The molecular weight excluding hydrogens is 275 g/mol. The fourth-order valence-electron chi connectivity index (χ4n) is 1.53. The molecule has 0 spiro atoms. The second-order valence-electron chi connectivity index (χ2n) is 3.74. The number of pyridine rings is 1. The Bertz CT molecular complexity index is 485. The van der Waals surface area contributed by atoms with E-state index in [1.54, 1.807) is 12.4 Å². The maximum atomic E-state index is 6.11. The summed E-state index contributed by atoms with van der Waals surface area (Å²) in [6, 6.07) is 6.07. The normalized spacial score (nSPS) is 12.6. The van der Waals surface area contributed by atoms with Crippen molar-refractivity contribution in [3.05, 3.63) is 50.4 Å². The van der Waals surface area contributed by atoms with Crippen LogP contribution in [0.15, 0.2) is 30.6 Å². The average molecular weight is 287 g/mol. The minimum atomic E-state index is 0.180. The number of thiophene rings is 1. The maximum absolute atomic E-state index is 6.11. The van der Waals surface area contributed by atoms with E-state index in [2.05, 4.69) is 17.2 Å². The van der Waals surface area contributed by atoms with E-state index in [0.717, 1.165) is 20.8 Å². The van der Waals surface area contributed by atoms with Crippen LogP contribution in [0.3, 0.4) is 0 Å². The highest BCUT2D eigenvalue weighted by Crippen LogP contribution is 2.34. The molecule has 17 heavy (non-hydrogen) atoms. The van der Waals surface area contributed by atoms with E-state index >= 15 is 0 Å². The van der Waals surface area contributed by atoms with E-state index in [-0.39, 0.29) is 6.04 Å². The van der Waals surface area contributed by atoms with Crippen LogP contribution in [0.1, 0.15) is 24.1 Å². The van der Waals surface area contributed by atoms with Crippen LogP contribution in [0.5, 0.6) is 0 Å². The Labute approximate surface area is 115 Å². The molecule has 1 atom stereocenters. The third-order valence-corrected chi connectivity index (χ3v) is 4.03. The molecule has 0 saturated heterocycles. The summed E-state index contributed by atoms with van der Waals surface area (Å²) in [5, 5.41) is 3.41. The molecule has 0 aliphatic carbocycles. The van der Waals surface area contributed by atoms with Crippen molar-refractivity contribution in [1.82, 2.24) is 10.3 Å². The Morgan fingerprint density at radius 3 is 2.65 bits per heavy atom. The molecule has 2 rings (SSSR count). The van der Waals surface area contributed by atoms with Crippen molar-refractivity contribution in [3.8, 4) is 0 Å². The maximum Gasteiger partial charge on any atom is 0.0991 e. The number of hydrogen-bond acceptors (Lipinski definition) is 3. The molecule has 2 aromatic rings. The Hall–Kier alpha value is -0.610. The lowest BCUT2D eigenvalue weighted by atomic mass is 10.1. The Morgan fingerprint density at radius 2 is 2.06 bits per heavy atom. The molecule has 0 aromatic carbocycles. The van der Waals surface area contributed by atoms with E-state index in [1.165, 1.54) is 16.9 Å². The van der Waals surface area contributed by atoms with Gasteiger partial charge >= 0.3 is 0 Å². The van der Waals surface area contributed by atoms with E-state index in [1.807, 2.05) is 18.2 Å². The molecule has 0 aliphatic heterocycles. The number of halogens is 2.